The van der Waals surface area contributed by atoms with Crippen LogP contribution in [0.15, 0.2) is 0 Å². The van der Waals surface area contributed by atoms with Crippen molar-refractivity contribution in [3.05, 3.63) is 0 Å². The molecule has 0 aromatic carbocycles. The van der Waals surface area contributed by atoms with Crippen molar-refractivity contribution in [3.8, 4) is 6.07 Å². The molecule has 6 heteroatoms. The summed E-state index contributed by atoms with van der Waals surface area (Å²) in [5.41, 5.74) is 0. The van der Waals surface area contributed by atoms with Crippen LogP contribution < -0.4 is 0 Å². The van der Waals surface area contributed by atoms with Crippen molar-refractivity contribution in [1.29, 1.82) is 5.26 Å². The van der Waals surface area contributed by atoms with Gasteiger partial charge < -0.3 is 4.74 Å². The monoisotopic (exact) mass is 246 g/mol. The minimum Gasteiger partial charge on any atom is -0.385 e. The van der Waals surface area contributed by atoms with Gasteiger partial charge in [0.25, 0.3) is 0 Å². The highest BCUT2D eigenvalue weighted by atomic mass is 32.2. The van der Waals surface area contributed by atoms with E-state index in [4.69, 9.17) is 10.00 Å². The molecule has 0 radical (unpaired) electrons. The van der Waals surface area contributed by atoms with Gasteiger partial charge in [0.05, 0.1) is 24.1 Å². The summed E-state index contributed by atoms with van der Waals surface area (Å²) in [4.78, 5) is 1.95. The van der Waals surface area contributed by atoms with E-state index in [2.05, 4.69) is 6.07 Å². The van der Waals surface area contributed by atoms with Gasteiger partial charge in [-0.3, -0.25) is 4.90 Å². The first kappa shape index (κ1) is 13.4. The molecule has 1 heterocycles. The SMILES string of the molecule is COCCCN(CC#N)C1CCS(=O)(=O)C1. The summed E-state index contributed by atoms with van der Waals surface area (Å²) in [6.45, 7) is 1.66. The van der Waals surface area contributed by atoms with E-state index in [1.807, 2.05) is 4.90 Å². The lowest BCUT2D eigenvalue weighted by atomic mass is 10.2. The number of nitriles is 1. The second kappa shape index (κ2) is 6.18. The van der Waals surface area contributed by atoms with E-state index in [9.17, 15) is 8.42 Å². The van der Waals surface area contributed by atoms with E-state index >= 15 is 0 Å². The maximum absolute atomic E-state index is 11.3. The molecule has 0 amide bonds. The van der Waals surface area contributed by atoms with Gasteiger partial charge in [0, 0.05) is 26.3 Å². The van der Waals surface area contributed by atoms with Gasteiger partial charge in [-0.15, -0.1) is 0 Å². The minimum absolute atomic E-state index is 0.0153. The number of methoxy groups -OCH3 is 1. The molecule has 0 spiro atoms. The third kappa shape index (κ3) is 4.08. The van der Waals surface area contributed by atoms with Crippen LogP contribution in [0.25, 0.3) is 0 Å². The summed E-state index contributed by atoms with van der Waals surface area (Å²) in [5, 5.41) is 8.71. The van der Waals surface area contributed by atoms with Crippen molar-refractivity contribution in [2.24, 2.45) is 0 Å². The Morgan fingerprint density at radius 2 is 2.31 bits per heavy atom. The summed E-state index contributed by atoms with van der Waals surface area (Å²) in [5.74, 6) is 0.450. The van der Waals surface area contributed by atoms with E-state index in [0.717, 1.165) is 13.0 Å². The summed E-state index contributed by atoms with van der Waals surface area (Å²) in [6.07, 6.45) is 1.48. The first-order valence-electron chi connectivity index (χ1n) is 5.39. The van der Waals surface area contributed by atoms with Crippen molar-refractivity contribution in [1.82, 2.24) is 4.90 Å². The molecule has 1 atom stereocenters. The molecule has 0 N–H and O–H groups in total. The van der Waals surface area contributed by atoms with Gasteiger partial charge >= 0.3 is 0 Å². The third-order valence-electron chi connectivity index (χ3n) is 2.79. The Labute approximate surface area is 96.9 Å². The zero-order valence-corrected chi connectivity index (χ0v) is 10.4. The van der Waals surface area contributed by atoms with Crippen molar-refractivity contribution >= 4 is 9.84 Å². The van der Waals surface area contributed by atoms with Crippen molar-refractivity contribution < 1.29 is 13.2 Å². The van der Waals surface area contributed by atoms with Crippen LogP contribution in [0.3, 0.4) is 0 Å². The van der Waals surface area contributed by atoms with E-state index in [-0.39, 0.29) is 17.5 Å². The quantitative estimate of drug-likeness (QED) is 0.488. The molecule has 0 saturated carbocycles. The van der Waals surface area contributed by atoms with Crippen LogP contribution in [0.5, 0.6) is 0 Å². The highest BCUT2D eigenvalue weighted by Gasteiger charge is 2.31. The molecular formula is C10H18N2O3S. The Kier molecular flexibility index (Phi) is 5.19. The van der Waals surface area contributed by atoms with Crippen LogP contribution in [-0.4, -0.2) is 57.7 Å². The topological polar surface area (TPSA) is 70.4 Å². The lowest BCUT2D eigenvalue weighted by molar-refractivity contribution is 0.163. The standard InChI is InChI=1S/C10H18N2O3S/c1-15-7-2-5-12(6-4-11)10-3-8-16(13,14)9-10/h10H,2-3,5-9H2,1H3. The Bertz CT molecular complexity index is 348. The zero-order valence-electron chi connectivity index (χ0n) is 9.55. The lowest BCUT2D eigenvalue weighted by Crippen LogP contribution is -2.37. The average molecular weight is 246 g/mol. The van der Waals surface area contributed by atoms with E-state index in [0.29, 0.717) is 19.6 Å². The van der Waals surface area contributed by atoms with Crippen molar-refractivity contribution in [2.45, 2.75) is 18.9 Å². The van der Waals surface area contributed by atoms with E-state index in [1.54, 1.807) is 7.11 Å². The van der Waals surface area contributed by atoms with E-state index < -0.39 is 9.84 Å². The van der Waals surface area contributed by atoms with Gasteiger partial charge in [-0.25, -0.2) is 8.42 Å². The summed E-state index contributed by atoms with van der Waals surface area (Å²) < 4.78 is 27.6. The first-order valence-corrected chi connectivity index (χ1v) is 7.21. The summed E-state index contributed by atoms with van der Waals surface area (Å²) >= 11 is 0. The second-order valence-electron chi connectivity index (χ2n) is 4.03. The van der Waals surface area contributed by atoms with Gasteiger partial charge in [-0.1, -0.05) is 0 Å². The Morgan fingerprint density at radius 1 is 1.56 bits per heavy atom. The van der Waals surface area contributed by atoms with Gasteiger partial charge in [-0.05, 0) is 12.8 Å². The van der Waals surface area contributed by atoms with Crippen LogP contribution in [0.1, 0.15) is 12.8 Å². The average Bonchev–Trinajstić information content (AvgIpc) is 2.58. The molecule has 16 heavy (non-hydrogen) atoms. The summed E-state index contributed by atoms with van der Waals surface area (Å²) in [6, 6.07) is 2.10. The molecule has 1 aliphatic heterocycles. The van der Waals surface area contributed by atoms with Crippen molar-refractivity contribution in [2.75, 3.05) is 38.3 Å². The number of nitrogens with zero attached hydrogens (tertiary/aromatic N) is 2. The highest BCUT2D eigenvalue weighted by molar-refractivity contribution is 7.91. The molecule has 92 valence electrons. The molecule has 1 unspecified atom stereocenters. The Balaban J connectivity index is 2.48. The van der Waals surface area contributed by atoms with Crippen LogP contribution in [0, 0.1) is 11.3 Å². The number of ether oxygens (including phenoxy) is 1. The normalized spacial score (nSPS) is 23.4. The number of rotatable bonds is 6. The highest BCUT2D eigenvalue weighted by Crippen LogP contribution is 2.17. The predicted molar refractivity (Wildman–Crippen MR) is 60.7 cm³/mol. The number of sulfone groups is 1. The molecular weight excluding hydrogens is 228 g/mol. The Morgan fingerprint density at radius 3 is 2.81 bits per heavy atom. The minimum atomic E-state index is -2.87. The maximum Gasteiger partial charge on any atom is 0.151 e. The van der Waals surface area contributed by atoms with Crippen LogP contribution >= 0.6 is 0 Å². The fourth-order valence-electron chi connectivity index (χ4n) is 1.96. The third-order valence-corrected chi connectivity index (χ3v) is 4.54. The molecule has 1 saturated heterocycles. The molecule has 0 aromatic rings. The molecule has 0 aromatic heterocycles. The second-order valence-corrected chi connectivity index (χ2v) is 6.26. The molecule has 1 fully saturated rings. The van der Waals surface area contributed by atoms with Gasteiger partial charge in [0.1, 0.15) is 0 Å². The fourth-order valence-corrected chi connectivity index (χ4v) is 3.72. The van der Waals surface area contributed by atoms with Gasteiger partial charge in [0.15, 0.2) is 9.84 Å². The summed E-state index contributed by atoms with van der Waals surface area (Å²) in [7, 11) is -1.24. The fraction of sp³-hybridized carbons (Fsp3) is 0.900. The lowest BCUT2D eigenvalue weighted by Gasteiger charge is -2.24. The molecule has 1 aliphatic rings. The van der Waals surface area contributed by atoms with Crippen molar-refractivity contribution in [3.63, 3.8) is 0 Å². The van der Waals surface area contributed by atoms with Gasteiger partial charge in [-0.2, -0.15) is 5.26 Å². The largest absolute Gasteiger partial charge is 0.385 e. The number of hydrogen-bond donors (Lipinski definition) is 0. The smallest absolute Gasteiger partial charge is 0.151 e. The van der Waals surface area contributed by atoms with Crippen LogP contribution in [-0.2, 0) is 14.6 Å². The van der Waals surface area contributed by atoms with Gasteiger partial charge in [0.2, 0.25) is 0 Å². The van der Waals surface area contributed by atoms with Crippen LogP contribution in [0.2, 0.25) is 0 Å². The van der Waals surface area contributed by atoms with E-state index in [1.165, 1.54) is 0 Å². The molecule has 1 rings (SSSR count). The number of hydrogen-bond acceptors (Lipinski definition) is 5. The first-order chi connectivity index (χ1) is 7.59. The molecule has 0 aliphatic carbocycles. The van der Waals surface area contributed by atoms with Crippen LogP contribution in [0.4, 0.5) is 0 Å². The molecule has 0 bridgehead atoms. The predicted octanol–water partition coefficient (Wildman–Crippen LogP) is 0.0356. The molecule has 5 nitrogen and oxygen atoms in total. The maximum atomic E-state index is 11.3. The zero-order chi connectivity index (χ0) is 12.0. The Hall–Kier alpha value is -0.640.